The summed E-state index contributed by atoms with van der Waals surface area (Å²) in [5, 5.41) is 2.82. The highest BCUT2D eigenvalue weighted by molar-refractivity contribution is 6.02. The van der Waals surface area contributed by atoms with Gasteiger partial charge in [-0.1, -0.05) is 54.6 Å². The third-order valence-corrected chi connectivity index (χ3v) is 4.39. The van der Waals surface area contributed by atoms with E-state index in [-0.39, 0.29) is 17.5 Å². The molecule has 142 valence electrons. The van der Waals surface area contributed by atoms with Crippen molar-refractivity contribution in [3.05, 3.63) is 114 Å². The number of carbonyl (C=O) groups excluding carboxylic acids is 1. The van der Waals surface area contributed by atoms with Gasteiger partial charge in [0, 0.05) is 11.3 Å². The Morgan fingerprint density at radius 2 is 1.41 bits per heavy atom. The van der Waals surface area contributed by atoms with Gasteiger partial charge in [-0.3, -0.25) is 4.79 Å². The lowest BCUT2D eigenvalue weighted by Crippen LogP contribution is -2.10. The smallest absolute Gasteiger partial charge is 0.291 e. The van der Waals surface area contributed by atoms with Crippen LogP contribution in [0, 0.1) is 5.82 Å². The van der Waals surface area contributed by atoms with Crippen LogP contribution >= 0.6 is 0 Å². The van der Waals surface area contributed by atoms with Crippen molar-refractivity contribution < 1.29 is 13.6 Å². The molecule has 0 spiro atoms. The van der Waals surface area contributed by atoms with Gasteiger partial charge in [-0.15, -0.1) is 0 Å². The van der Waals surface area contributed by atoms with E-state index in [2.05, 4.69) is 5.32 Å². The second-order valence-corrected chi connectivity index (χ2v) is 6.49. The van der Waals surface area contributed by atoms with Crippen molar-refractivity contribution in [1.82, 2.24) is 0 Å². The van der Waals surface area contributed by atoms with Gasteiger partial charge in [-0.2, -0.15) is 0 Å². The van der Waals surface area contributed by atoms with Gasteiger partial charge in [0.1, 0.15) is 11.6 Å². The van der Waals surface area contributed by atoms with E-state index in [1.54, 1.807) is 24.3 Å². The van der Waals surface area contributed by atoms with E-state index in [1.165, 1.54) is 12.1 Å². The van der Waals surface area contributed by atoms with Crippen LogP contribution in [-0.4, -0.2) is 5.91 Å². The van der Waals surface area contributed by atoms with E-state index in [4.69, 9.17) is 4.42 Å². The summed E-state index contributed by atoms with van der Waals surface area (Å²) in [6.07, 6.45) is 4.05. The van der Waals surface area contributed by atoms with Crippen LogP contribution in [0.3, 0.4) is 0 Å². The standard InChI is InChI=1S/C25H18FNO2/c26-21-12-10-20(11-13-21)23-16-17-24(29-23)25(28)27-22-14-8-19(9-15-22)7-6-18-4-2-1-3-5-18/h1-17H,(H,27,28)/b7-6+. The van der Waals surface area contributed by atoms with Crippen molar-refractivity contribution in [3.63, 3.8) is 0 Å². The fourth-order valence-electron chi connectivity index (χ4n) is 2.86. The predicted molar refractivity (Wildman–Crippen MR) is 114 cm³/mol. The molecule has 29 heavy (non-hydrogen) atoms. The van der Waals surface area contributed by atoms with Crippen molar-refractivity contribution in [2.45, 2.75) is 0 Å². The highest BCUT2D eigenvalue weighted by Crippen LogP contribution is 2.23. The summed E-state index contributed by atoms with van der Waals surface area (Å²) in [5.41, 5.74) is 3.54. The molecule has 4 aromatic rings. The molecule has 0 aliphatic carbocycles. The molecule has 0 unspecified atom stereocenters. The molecule has 0 saturated carbocycles. The van der Waals surface area contributed by atoms with Gasteiger partial charge in [0.2, 0.25) is 0 Å². The topological polar surface area (TPSA) is 42.2 Å². The first kappa shape index (κ1) is 18.4. The van der Waals surface area contributed by atoms with E-state index in [0.29, 0.717) is 17.0 Å². The zero-order valence-corrected chi connectivity index (χ0v) is 15.5. The van der Waals surface area contributed by atoms with Crippen molar-refractivity contribution in [2.24, 2.45) is 0 Å². The minimum atomic E-state index is -0.342. The Morgan fingerprint density at radius 1 is 0.759 bits per heavy atom. The number of carbonyl (C=O) groups is 1. The van der Waals surface area contributed by atoms with Crippen LogP contribution in [0.4, 0.5) is 10.1 Å². The molecule has 0 aliphatic heterocycles. The average Bonchev–Trinajstić information content (AvgIpc) is 3.25. The van der Waals surface area contributed by atoms with Crippen LogP contribution < -0.4 is 5.32 Å². The molecule has 0 atom stereocenters. The van der Waals surface area contributed by atoms with Gasteiger partial charge in [-0.05, 0) is 59.7 Å². The van der Waals surface area contributed by atoms with Crippen LogP contribution in [0.25, 0.3) is 23.5 Å². The van der Waals surface area contributed by atoms with Crippen molar-refractivity contribution in [1.29, 1.82) is 0 Å². The van der Waals surface area contributed by atoms with Crippen molar-refractivity contribution >= 4 is 23.7 Å². The number of benzene rings is 3. The number of amides is 1. The number of furan rings is 1. The fraction of sp³-hybridized carbons (Fsp3) is 0. The number of halogens is 1. The van der Waals surface area contributed by atoms with E-state index < -0.39 is 0 Å². The highest BCUT2D eigenvalue weighted by atomic mass is 19.1. The van der Waals surface area contributed by atoms with Crippen LogP contribution in [0.1, 0.15) is 21.7 Å². The second-order valence-electron chi connectivity index (χ2n) is 6.49. The zero-order valence-electron chi connectivity index (χ0n) is 15.5. The Morgan fingerprint density at radius 3 is 2.10 bits per heavy atom. The average molecular weight is 383 g/mol. The number of rotatable bonds is 5. The maximum Gasteiger partial charge on any atom is 0.291 e. The fourth-order valence-corrected chi connectivity index (χ4v) is 2.86. The highest BCUT2D eigenvalue weighted by Gasteiger charge is 2.12. The molecule has 4 rings (SSSR count). The molecule has 0 radical (unpaired) electrons. The molecular formula is C25H18FNO2. The third kappa shape index (κ3) is 4.68. The first-order valence-electron chi connectivity index (χ1n) is 9.18. The minimum Gasteiger partial charge on any atom is -0.451 e. The molecule has 1 heterocycles. The summed E-state index contributed by atoms with van der Waals surface area (Å²) < 4.78 is 18.7. The second kappa shape index (κ2) is 8.40. The number of anilines is 1. The van der Waals surface area contributed by atoms with Gasteiger partial charge < -0.3 is 9.73 Å². The molecule has 0 bridgehead atoms. The normalized spacial score (nSPS) is 10.9. The van der Waals surface area contributed by atoms with E-state index >= 15 is 0 Å². The lowest BCUT2D eigenvalue weighted by Gasteiger charge is -2.04. The van der Waals surface area contributed by atoms with Gasteiger partial charge in [0.05, 0.1) is 0 Å². The van der Waals surface area contributed by atoms with Crippen LogP contribution in [-0.2, 0) is 0 Å². The van der Waals surface area contributed by atoms with Crippen molar-refractivity contribution in [3.8, 4) is 11.3 Å². The summed E-state index contributed by atoms with van der Waals surface area (Å²) in [7, 11) is 0. The molecule has 0 fully saturated rings. The molecule has 0 saturated heterocycles. The van der Waals surface area contributed by atoms with Gasteiger partial charge in [0.15, 0.2) is 5.76 Å². The Balaban J connectivity index is 1.41. The quantitative estimate of drug-likeness (QED) is 0.399. The lowest BCUT2D eigenvalue weighted by atomic mass is 10.1. The first-order valence-corrected chi connectivity index (χ1v) is 9.18. The summed E-state index contributed by atoms with van der Waals surface area (Å²) in [6.45, 7) is 0. The van der Waals surface area contributed by atoms with E-state index in [0.717, 1.165) is 11.1 Å². The maximum atomic E-state index is 13.0. The summed E-state index contributed by atoms with van der Waals surface area (Å²) >= 11 is 0. The molecule has 0 aliphatic rings. The number of nitrogens with one attached hydrogen (secondary N) is 1. The summed E-state index contributed by atoms with van der Waals surface area (Å²) in [4.78, 5) is 12.4. The third-order valence-electron chi connectivity index (χ3n) is 4.39. The summed E-state index contributed by atoms with van der Waals surface area (Å²) in [5.74, 6) is 0.0418. The van der Waals surface area contributed by atoms with Crippen LogP contribution in [0.15, 0.2) is 95.4 Å². The van der Waals surface area contributed by atoms with E-state index in [1.807, 2.05) is 66.7 Å². The van der Waals surface area contributed by atoms with Crippen LogP contribution in [0.2, 0.25) is 0 Å². The SMILES string of the molecule is O=C(Nc1ccc(/C=C/c2ccccc2)cc1)c1ccc(-c2ccc(F)cc2)o1. The van der Waals surface area contributed by atoms with Gasteiger partial charge in [-0.25, -0.2) is 4.39 Å². The Hall–Kier alpha value is -3.92. The first-order chi connectivity index (χ1) is 14.2. The lowest BCUT2D eigenvalue weighted by molar-refractivity contribution is 0.0997. The number of hydrogen-bond acceptors (Lipinski definition) is 2. The molecule has 1 amide bonds. The Labute approximate surface area is 168 Å². The van der Waals surface area contributed by atoms with Gasteiger partial charge in [0.25, 0.3) is 5.91 Å². The summed E-state index contributed by atoms with van der Waals surface area (Å²) in [6, 6.07) is 26.8. The molecule has 1 aromatic heterocycles. The maximum absolute atomic E-state index is 13.0. The Bertz CT molecular complexity index is 1130. The number of hydrogen-bond donors (Lipinski definition) is 1. The van der Waals surface area contributed by atoms with Crippen LogP contribution in [0.5, 0.6) is 0 Å². The largest absolute Gasteiger partial charge is 0.451 e. The van der Waals surface area contributed by atoms with Crippen molar-refractivity contribution in [2.75, 3.05) is 5.32 Å². The molecule has 4 heteroatoms. The monoisotopic (exact) mass is 383 g/mol. The predicted octanol–water partition coefficient (Wildman–Crippen LogP) is 6.51. The minimum absolute atomic E-state index is 0.192. The Kier molecular flexibility index (Phi) is 5.34. The molecule has 3 nitrogen and oxygen atoms in total. The zero-order chi connectivity index (χ0) is 20.1. The molecule has 3 aromatic carbocycles. The van der Waals surface area contributed by atoms with Gasteiger partial charge >= 0.3 is 0 Å². The molecule has 1 N–H and O–H groups in total. The molecular weight excluding hydrogens is 365 g/mol. The van der Waals surface area contributed by atoms with E-state index in [9.17, 15) is 9.18 Å².